The maximum Gasteiger partial charge on any atom is 0.111 e. The van der Waals surface area contributed by atoms with Gasteiger partial charge in [-0.2, -0.15) is 0 Å². The number of fused-ring (bicyclic) bond motifs is 1. The van der Waals surface area contributed by atoms with Crippen molar-refractivity contribution in [3.63, 3.8) is 0 Å². The van der Waals surface area contributed by atoms with Crippen LogP contribution < -0.4 is 11.5 Å². The van der Waals surface area contributed by atoms with Crippen LogP contribution in [0.15, 0.2) is 18.5 Å². The Kier molecular flexibility index (Phi) is 1.03. The van der Waals surface area contributed by atoms with Gasteiger partial charge in [-0.1, -0.05) is 0 Å². The lowest BCUT2D eigenvalue weighted by Crippen LogP contribution is -1.87. The van der Waals surface area contributed by atoms with Gasteiger partial charge in [-0.15, -0.1) is 0 Å². The van der Waals surface area contributed by atoms with Crippen LogP contribution in [0.1, 0.15) is 0 Å². The molecule has 0 atom stereocenters. The molecule has 0 aromatic carbocycles. The summed E-state index contributed by atoms with van der Waals surface area (Å²) in [5, 5.41) is 0. The zero-order valence-electron chi connectivity index (χ0n) is 5.83. The van der Waals surface area contributed by atoms with Crippen molar-refractivity contribution in [2.45, 2.75) is 0 Å². The van der Waals surface area contributed by atoms with Gasteiger partial charge in [0.2, 0.25) is 0 Å². The topological polar surface area (TPSA) is 80.7 Å². The minimum absolute atomic E-state index is 0.638. The van der Waals surface area contributed by atoms with E-state index in [0.29, 0.717) is 11.4 Å². The summed E-state index contributed by atoms with van der Waals surface area (Å²) < 4.78 is 0. The second-order valence-electron chi connectivity index (χ2n) is 2.41. The molecule has 0 aliphatic rings. The van der Waals surface area contributed by atoms with Gasteiger partial charge in [0.05, 0.1) is 23.1 Å². The van der Waals surface area contributed by atoms with Crippen LogP contribution in [-0.4, -0.2) is 9.97 Å². The smallest absolute Gasteiger partial charge is 0.111 e. The van der Waals surface area contributed by atoms with Crippen molar-refractivity contribution in [2.75, 3.05) is 11.5 Å². The van der Waals surface area contributed by atoms with Gasteiger partial charge in [0, 0.05) is 6.20 Å². The van der Waals surface area contributed by atoms with Gasteiger partial charge in [-0.25, -0.2) is 0 Å². The molecule has 0 fully saturated rings. The first-order chi connectivity index (χ1) is 5.27. The van der Waals surface area contributed by atoms with Crippen LogP contribution in [0.2, 0.25) is 0 Å². The molecule has 0 unspecified atom stereocenters. The number of nitrogens with two attached hydrogens (primary N) is 2. The molecule has 2 rings (SSSR count). The molecule has 5 N–H and O–H groups in total. The second-order valence-corrected chi connectivity index (χ2v) is 2.41. The van der Waals surface area contributed by atoms with Gasteiger partial charge in [-0.3, -0.25) is 4.98 Å². The van der Waals surface area contributed by atoms with Crippen molar-refractivity contribution < 1.29 is 0 Å². The Hall–Kier alpha value is -1.71. The minimum atomic E-state index is 0.638. The third-order valence-corrected chi connectivity index (χ3v) is 1.57. The standard InChI is InChI=1S/C7H8N4/c8-4-1-6-7(11-2-4)5(9)3-10-6/h1-3,10H,8-9H2. The molecule has 0 spiro atoms. The van der Waals surface area contributed by atoms with Gasteiger partial charge < -0.3 is 16.5 Å². The van der Waals surface area contributed by atoms with Crippen molar-refractivity contribution in [3.8, 4) is 0 Å². The van der Waals surface area contributed by atoms with E-state index in [0.717, 1.165) is 11.0 Å². The Morgan fingerprint density at radius 1 is 1.36 bits per heavy atom. The van der Waals surface area contributed by atoms with E-state index >= 15 is 0 Å². The van der Waals surface area contributed by atoms with Crippen LogP contribution >= 0.6 is 0 Å². The molecule has 0 amide bonds. The van der Waals surface area contributed by atoms with E-state index in [-0.39, 0.29) is 0 Å². The molecule has 0 radical (unpaired) electrons. The summed E-state index contributed by atoms with van der Waals surface area (Å²) in [5.74, 6) is 0. The summed E-state index contributed by atoms with van der Waals surface area (Å²) in [7, 11) is 0. The monoisotopic (exact) mass is 148 g/mol. The Bertz CT molecular complexity index is 390. The highest BCUT2D eigenvalue weighted by Crippen LogP contribution is 2.18. The maximum absolute atomic E-state index is 5.59. The number of rotatable bonds is 0. The number of nitrogens with one attached hydrogen (secondary N) is 1. The zero-order chi connectivity index (χ0) is 7.84. The number of aromatic amines is 1. The molecule has 56 valence electrons. The summed E-state index contributed by atoms with van der Waals surface area (Å²) in [6, 6.07) is 1.80. The number of pyridine rings is 1. The predicted octanol–water partition coefficient (Wildman–Crippen LogP) is 0.727. The fraction of sp³-hybridized carbons (Fsp3) is 0. The lowest BCUT2D eigenvalue weighted by Gasteiger charge is -1.91. The third-order valence-electron chi connectivity index (χ3n) is 1.57. The molecule has 2 aromatic rings. The Morgan fingerprint density at radius 2 is 2.18 bits per heavy atom. The summed E-state index contributed by atoms with van der Waals surface area (Å²) in [4.78, 5) is 7.02. The van der Waals surface area contributed by atoms with Gasteiger partial charge in [0.1, 0.15) is 5.52 Å². The molecule has 11 heavy (non-hydrogen) atoms. The van der Waals surface area contributed by atoms with Crippen molar-refractivity contribution >= 4 is 22.4 Å². The van der Waals surface area contributed by atoms with Crippen LogP contribution in [-0.2, 0) is 0 Å². The van der Waals surface area contributed by atoms with E-state index in [1.165, 1.54) is 0 Å². The number of nitrogens with zero attached hydrogens (tertiary/aromatic N) is 1. The maximum atomic E-state index is 5.59. The highest BCUT2D eigenvalue weighted by molar-refractivity contribution is 5.88. The van der Waals surface area contributed by atoms with Crippen molar-refractivity contribution in [3.05, 3.63) is 18.5 Å². The van der Waals surface area contributed by atoms with E-state index in [4.69, 9.17) is 11.5 Å². The van der Waals surface area contributed by atoms with Crippen LogP contribution in [0.5, 0.6) is 0 Å². The van der Waals surface area contributed by atoms with Crippen LogP contribution in [0.3, 0.4) is 0 Å². The van der Waals surface area contributed by atoms with Crippen molar-refractivity contribution in [2.24, 2.45) is 0 Å². The Labute approximate surface area is 63.2 Å². The Balaban J connectivity index is 2.86. The quantitative estimate of drug-likeness (QED) is 0.515. The predicted molar refractivity (Wildman–Crippen MR) is 44.9 cm³/mol. The molecule has 4 nitrogen and oxygen atoms in total. The molecule has 0 bridgehead atoms. The minimum Gasteiger partial charge on any atom is -0.397 e. The zero-order valence-corrected chi connectivity index (χ0v) is 5.83. The first-order valence-corrected chi connectivity index (χ1v) is 3.25. The van der Waals surface area contributed by atoms with Crippen molar-refractivity contribution in [1.82, 2.24) is 9.97 Å². The molecule has 0 aliphatic heterocycles. The molecular weight excluding hydrogens is 140 g/mol. The van der Waals surface area contributed by atoms with Crippen LogP contribution in [0.25, 0.3) is 11.0 Å². The summed E-state index contributed by atoms with van der Waals surface area (Å²) in [6.45, 7) is 0. The number of hydrogen-bond donors (Lipinski definition) is 3. The molecule has 0 aliphatic carbocycles. The lowest BCUT2D eigenvalue weighted by molar-refractivity contribution is 1.41. The fourth-order valence-corrected chi connectivity index (χ4v) is 1.04. The fourth-order valence-electron chi connectivity index (χ4n) is 1.04. The molecule has 2 heterocycles. The Morgan fingerprint density at radius 3 is 3.00 bits per heavy atom. The molecular formula is C7H8N4. The van der Waals surface area contributed by atoms with E-state index in [1.807, 2.05) is 0 Å². The van der Waals surface area contributed by atoms with Crippen LogP contribution in [0, 0.1) is 0 Å². The first kappa shape index (κ1) is 6.03. The van der Waals surface area contributed by atoms with Gasteiger partial charge >= 0.3 is 0 Å². The highest BCUT2D eigenvalue weighted by Gasteiger charge is 1.99. The van der Waals surface area contributed by atoms with Gasteiger partial charge in [0.25, 0.3) is 0 Å². The largest absolute Gasteiger partial charge is 0.397 e. The van der Waals surface area contributed by atoms with E-state index in [2.05, 4.69) is 9.97 Å². The first-order valence-electron chi connectivity index (χ1n) is 3.25. The molecule has 0 saturated carbocycles. The summed E-state index contributed by atoms with van der Waals surface area (Å²) in [6.07, 6.45) is 3.30. The van der Waals surface area contributed by atoms with Gasteiger partial charge in [0.15, 0.2) is 0 Å². The third kappa shape index (κ3) is 0.797. The second kappa shape index (κ2) is 1.88. The van der Waals surface area contributed by atoms with Crippen molar-refractivity contribution in [1.29, 1.82) is 0 Å². The number of hydrogen-bond acceptors (Lipinski definition) is 3. The number of nitrogen functional groups attached to an aromatic ring is 2. The molecule has 2 aromatic heterocycles. The normalized spacial score (nSPS) is 10.5. The number of H-pyrrole nitrogens is 1. The van der Waals surface area contributed by atoms with E-state index < -0.39 is 0 Å². The molecule has 4 heteroatoms. The number of aromatic nitrogens is 2. The average Bonchev–Trinajstić information content (AvgIpc) is 2.32. The molecule has 0 saturated heterocycles. The van der Waals surface area contributed by atoms with E-state index in [1.54, 1.807) is 18.5 Å². The number of anilines is 2. The highest BCUT2D eigenvalue weighted by atomic mass is 14.8. The SMILES string of the molecule is Nc1cnc2c(N)c[nH]c2c1. The van der Waals surface area contributed by atoms with Gasteiger partial charge in [-0.05, 0) is 6.07 Å². The summed E-state index contributed by atoms with van der Waals surface area (Å²) >= 11 is 0. The van der Waals surface area contributed by atoms with Crippen LogP contribution in [0.4, 0.5) is 11.4 Å². The lowest BCUT2D eigenvalue weighted by atomic mass is 10.3. The van der Waals surface area contributed by atoms with E-state index in [9.17, 15) is 0 Å². The summed E-state index contributed by atoms with van der Waals surface area (Å²) in [5.41, 5.74) is 14.0. The average molecular weight is 148 g/mol.